The lowest BCUT2D eigenvalue weighted by Gasteiger charge is -2.41. The number of hydrogen-bond donors (Lipinski definition) is 1. The maximum Gasteiger partial charge on any atom is 0.323 e. The van der Waals surface area contributed by atoms with Crippen molar-refractivity contribution in [3.63, 3.8) is 0 Å². The van der Waals surface area contributed by atoms with E-state index < -0.39 is 23.5 Å². The van der Waals surface area contributed by atoms with Crippen molar-refractivity contribution in [3.05, 3.63) is 0 Å². The van der Waals surface area contributed by atoms with Crippen LogP contribution < -0.4 is 0 Å². The van der Waals surface area contributed by atoms with E-state index in [2.05, 4.69) is 0 Å². The predicted molar refractivity (Wildman–Crippen MR) is 70.9 cm³/mol. The molecule has 1 N–H and O–H groups in total. The fourth-order valence-corrected chi connectivity index (χ4v) is 2.79. The van der Waals surface area contributed by atoms with E-state index in [1.807, 2.05) is 0 Å². The fourth-order valence-electron chi connectivity index (χ4n) is 2.79. The van der Waals surface area contributed by atoms with Gasteiger partial charge >= 0.3 is 11.9 Å². The van der Waals surface area contributed by atoms with Crippen molar-refractivity contribution in [2.24, 2.45) is 5.92 Å². The number of hydrogen-bond acceptors (Lipinski definition) is 6. The zero-order valence-electron chi connectivity index (χ0n) is 12.5. The van der Waals surface area contributed by atoms with Gasteiger partial charge in [0, 0.05) is 12.8 Å². The molecule has 2 atom stereocenters. The SMILES string of the molecule is CCOC(=O)C(C(=O)OCC)C1(O)CC(C)OC(C)C1. The molecule has 1 aliphatic heterocycles. The van der Waals surface area contributed by atoms with Gasteiger partial charge in [-0.25, -0.2) is 0 Å². The highest BCUT2D eigenvalue weighted by atomic mass is 16.6. The number of aliphatic hydroxyl groups is 1. The van der Waals surface area contributed by atoms with E-state index in [9.17, 15) is 14.7 Å². The molecule has 0 bridgehead atoms. The predicted octanol–water partition coefficient (Wildman–Crippen LogP) is 1.05. The smallest absolute Gasteiger partial charge is 0.323 e. The van der Waals surface area contributed by atoms with Crippen LogP contribution in [0, 0.1) is 5.92 Å². The fraction of sp³-hybridized carbons (Fsp3) is 0.857. The molecule has 6 nitrogen and oxygen atoms in total. The normalized spacial score (nSPS) is 30.1. The van der Waals surface area contributed by atoms with Gasteiger partial charge in [0.15, 0.2) is 5.92 Å². The summed E-state index contributed by atoms with van der Waals surface area (Å²) < 4.78 is 15.4. The highest BCUT2D eigenvalue weighted by Gasteiger charge is 2.51. The lowest BCUT2D eigenvalue weighted by molar-refractivity contribution is -0.192. The molecule has 1 fully saturated rings. The van der Waals surface area contributed by atoms with Crippen LogP contribution in [0.5, 0.6) is 0 Å². The summed E-state index contributed by atoms with van der Waals surface area (Å²) in [4.78, 5) is 24.1. The lowest BCUT2D eigenvalue weighted by atomic mass is 9.77. The van der Waals surface area contributed by atoms with Gasteiger partial charge in [0.2, 0.25) is 0 Å². The second-order valence-corrected chi connectivity index (χ2v) is 5.21. The van der Waals surface area contributed by atoms with Gasteiger partial charge in [-0.15, -0.1) is 0 Å². The molecule has 0 saturated carbocycles. The van der Waals surface area contributed by atoms with Crippen LogP contribution in [-0.4, -0.2) is 48.1 Å². The molecule has 2 unspecified atom stereocenters. The van der Waals surface area contributed by atoms with Crippen molar-refractivity contribution >= 4 is 11.9 Å². The maximum atomic E-state index is 12.1. The number of rotatable bonds is 5. The maximum absolute atomic E-state index is 12.1. The molecule has 0 aromatic heterocycles. The van der Waals surface area contributed by atoms with E-state index in [-0.39, 0.29) is 38.3 Å². The van der Waals surface area contributed by atoms with Crippen LogP contribution in [0.3, 0.4) is 0 Å². The van der Waals surface area contributed by atoms with Crippen molar-refractivity contribution in [2.45, 2.75) is 58.3 Å². The minimum Gasteiger partial charge on any atom is -0.465 e. The standard InChI is InChI=1S/C14H24O6/c1-5-18-12(15)11(13(16)19-6-2)14(17)7-9(3)20-10(4)8-14/h9-11,17H,5-8H2,1-4H3. The van der Waals surface area contributed by atoms with E-state index in [1.54, 1.807) is 27.7 Å². The van der Waals surface area contributed by atoms with E-state index in [0.29, 0.717) is 0 Å². The van der Waals surface area contributed by atoms with Gasteiger partial charge < -0.3 is 19.3 Å². The van der Waals surface area contributed by atoms with E-state index >= 15 is 0 Å². The molecule has 0 aromatic carbocycles. The molecule has 6 heteroatoms. The molecular weight excluding hydrogens is 264 g/mol. The average Bonchev–Trinajstić information content (AvgIpc) is 2.26. The summed E-state index contributed by atoms with van der Waals surface area (Å²) >= 11 is 0. The minimum absolute atomic E-state index is 0.145. The summed E-state index contributed by atoms with van der Waals surface area (Å²) in [5.41, 5.74) is -1.49. The molecule has 0 amide bonds. The highest BCUT2D eigenvalue weighted by molar-refractivity contribution is 5.96. The third-order valence-corrected chi connectivity index (χ3v) is 3.33. The zero-order chi connectivity index (χ0) is 15.3. The molecule has 116 valence electrons. The molecule has 0 radical (unpaired) electrons. The van der Waals surface area contributed by atoms with Gasteiger partial charge in [0.05, 0.1) is 31.0 Å². The van der Waals surface area contributed by atoms with Crippen LogP contribution in [0.4, 0.5) is 0 Å². The van der Waals surface area contributed by atoms with E-state index in [1.165, 1.54) is 0 Å². The van der Waals surface area contributed by atoms with Gasteiger partial charge in [-0.05, 0) is 27.7 Å². The van der Waals surface area contributed by atoms with Crippen molar-refractivity contribution in [3.8, 4) is 0 Å². The third kappa shape index (κ3) is 3.93. The first-order valence-corrected chi connectivity index (χ1v) is 7.05. The van der Waals surface area contributed by atoms with Crippen LogP contribution in [0.15, 0.2) is 0 Å². The van der Waals surface area contributed by atoms with Gasteiger partial charge in [-0.1, -0.05) is 0 Å². The first-order chi connectivity index (χ1) is 9.34. The van der Waals surface area contributed by atoms with Crippen molar-refractivity contribution in [2.75, 3.05) is 13.2 Å². The quantitative estimate of drug-likeness (QED) is 0.601. The summed E-state index contributed by atoms with van der Waals surface area (Å²) in [7, 11) is 0. The molecule has 0 aliphatic carbocycles. The van der Waals surface area contributed by atoms with Gasteiger partial charge in [0.1, 0.15) is 0 Å². The Morgan fingerprint density at radius 1 is 1.15 bits per heavy atom. The van der Waals surface area contributed by atoms with E-state index in [4.69, 9.17) is 14.2 Å². The Balaban J connectivity index is 3.01. The number of carbonyl (C=O) groups excluding carboxylic acids is 2. The largest absolute Gasteiger partial charge is 0.465 e. The van der Waals surface area contributed by atoms with Crippen LogP contribution in [0.1, 0.15) is 40.5 Å². The van der Waals surface area contributed by atoms with Gasteiger partial charge in [0.25, 0.3) is 0 Å². The topological polar surface area (TPSA) is 82.1 Å². The van der Waals surface area contributed by atoms with Crippen molar-refractivity contribution < 1.29 is 28.9 Å². The first kappa shape index (κ1) is 16.9. The second kappa shape index (κ2) is 7.04. The molecule has 1 aliphatic rings. The molecule has 1 saturated heterocycles. The summed E-state index contributed by atoms with van der Waals surface area (Å²) in [6.45, 7) is 7.19. The summed E-state index contributed by atoms with van der Waals surface area (Å²) in [6.07, 6.45) is -0.0931. The lowest BCUT2D eigenvalue weighted by Crippen LogP contribution is -2.54. The molecule has 1 heterocycles. The zero-order valence-corrected chi connectivity index (χ0v) is 12.5. The Labute approximate surface area is 119 Å². The molecule has 1 rings (SSSR count). The van der Waals surface area contributed by atoms with Gasteiger partial charge in [-0.2, -0.15) is 0 Å². The number of ether oxygens (including phenoxy) is 3. The first-order valence-electron chi connectivity index (χ1n) is 7.05. The number of carbonyl (C=O) groups is 2. The summed E-state index contributed by atoms with van der Waals surface area (Å²) in [5, 5.41) is 10.8. The minimum atomic E-state index is -1.49. The van der Waals surface area contributed by atoms with Crippen molar-refractivity contribution in [1.29, 1.82) is 0 Å². The molecule has 0 spiro atoms. The second-order valence-electron chi connectivity index (χ2n) is 5.21. The van der Waals surface area contributed by atoms with Gasteiger partial charge in [-0.3, -0.25) is 9.59 Å². The average molecular weight is 288 g/mol. The molecule has 0 aromatic rings. The summed E-state index contributed by atoms with van der Waals surface area (Å²) in [6, 6.07) is 0. The van der Waals surface area contributed by atoms with Crippen LogP contribution in [0.2, 0.25) is 0 Å². The Morgan fingerprint density at radius 3 is 1.90 bits per heavy atom. The Hall–Kier alpha value is -1.14. The number of esters is 2. The Bertz CT molecular complexity index is 326. The Kier molecular flexibility index (Phi) is 5.95. The van der Waals surface area contributed by atoms with Crippen LogP contribution >= 0.6 is 0 Å². The van der Waals surface area contributed by atoms with Crippen LogP contribution in [-0.2, 0) is 23.8 Å². The third-order valence-electron chi connectivity index (χ3n) is 3.33. The highest BCUT2D eigenvalue weighted by Crippen LogP contribution is 2.36. The van der Waals surface area contributed by atoms with Crippen molar-refractivity contribution in [1.82, 2.24) is 0 Å². The van der Waals surface area contributed by atoms with Crippen LogP contribution in [0.25, 0.3) is 0 Å². The van der Waals surface area contributed by atoms with E-state index in [0.717, 1.165) is 0 Å². The molecular formula is C14H24O6. The molecule has 20 heavy (non-hydrogen) atoms. The Morgan fingerprint density at radius 2 is 1.55 bits per heavy atom. The summed E-state index contributed by atoms with van der Waals surface area (Å²) in [5.74, 6) is -2.80. The monoisotopic (exact) mass is 288 g/mol.